The molecule has 1 aromatic carbocycles. The minimum absolute atomic E-state index is 0. The van der Waals surface area contributed by atoms with E-state index < -0.39 is 0 Å². The molecule has 0 fully saturated rings. The van der Waals surface area contributed by atoms with Crippen LogP contribution in [0.3, 0.4) is 0 Å². The number of nitrogens with one attached hydrogen (secondary N) is 2. The van der Waals surface area contributed by atoms with Crippen LogP contribution < -0.4 is 15.4 Å². The summed E-state index contributed by atoms with van der Waals surface area (Å²) >= 11 is 3.37. The van der Waals surface area contributed by atoms with E-state index in [9.17, 15) is 4.79 Å². The molecule has 0 aromatic heterocycles. The summed E-state index contributed by atoms with van der Waals surface area (Å²) in [6.07, 6.45) is 0.445. The number of ether oxygens (including phenoxy) is 1. The van der Waals surface area contributed by atoms with Crippen LogP contribution in [0.25, 0.3) is 0 Å². The van der Waals surface area contributed by atoms with E-state index in [2.05, 4.69) is 26.6 Å². The fraction of sp³-hybridized carbons (Fsp3) is 0.364. The Morgan fingerprint density at radius 1 is 1.47 bits per heavy atom. The molecule has 96 valence electrons. The zero-order valence-electron chi connectivity index (χ0n) is 9.75. The molecule has 1 rings (SSSR count). The van der Waals surface area contributed by atoms with Crippen molar-refractivity contribution >= 4 is 39.9 Å². The highest BCUT2D eigenvalue weighted by Crippen LogP contribution is 2.27. The second-order valence-electron chi connectivity index (χ2n) is 3.25. The molecule has 0 aliphatic heterocycles. The molecule has 0 unspecified atom stereocenters. The van der Waals surface area contributed by atoms with Crippen molar-refractivity contribution in [3.8, 4) is 5.75 Å². The second-order valence-corrected chi connectivity index (χ2v) is 4.10. The van der Waals surface area contributed by atoms with Crippen molar-refractivity contribution in [2.24, 2.45) is 0 Å². The lowest BCUT2D eigenvalue weighted by molar-refractivity contribution is -0.116. The molecule has 1 aromatic rings. The standard InChI is InChI=1S/C11H15BrN2O2.ClH/c1-13-6-5-11(15)14-10-7-8(16-2)3-4-9(10)12;/h3-4,7,13H,5-6H2,1-2H3,(H,14,15);1H. The lowest BCUT2D eigenvalue weighted by atomic mass is 10.3. The molecule has 6 heteroatoms. The van der Waals surface area contributed by atoms with Gasteiger partial charge in [0.1, 0.15) is 5.75 Å². The quantitative estimate of drug-likeness (QED) is 0.875. The highest BCUT2D eigenvalue weighted by atomic mass is 79.9. The van der Waals surface area contributed by atoms with Crippen LogP contribution >= 0.6 is 28.3 Å². The van der Waals surface area contributed by atoms with Gasteiger partial charge in [-0.05, 0) is 35.1 Å². The molecule has 0 spiro atoms. The minimum atomic E-state index is -0.0247. The average molecular weight is 324 g/mol. The molecule has 0 bridgehead atoms. The molecule has 0 heterocycles. The maximum atomic E-state index is 11.5. The van der Waals surface area contributed by atoms with Crippen LogP contribution in [0, 0.1) is 0 Å². The van der Waals surface area contributed by atoms with E-state index in [0.29, 0.717) is 18.7 Å². The van der Waals surface area contributed by atoms with Crippen molar-refractivity contribution in [2.75, 3.05) is 26.0 Å². The maximum Gasteiger partial charge on any atom is 0.225 e. The molecule has 0 saturated carbocycles. The van der Waals surface area contributed by atoms with Gasteiger partial charge in [-0.3, -0.25) is 4.79 Å². The Balaban J connectivity index is 0.00000256. The van der Waals surface area contributed by atoms with Crippen LogP contribution in [0.5, 0.6) is 5.75 Å². The molecular weight excluding hydrogens is 307 g/mol. The Kier molecular flexibility index (Phi) is 7.95. The summed E-state index contributed by atoms with van der Waals surface area (Å²) in [7, 11) is 3.41. The highest BCUT2D eigenvalue weighted by molar-refractivity contribution is 9.10. The highest BCUT2D eigenvalue weighted by Gasteiger charge is 2.06. The summed E-state index contributed by atoms with van der Waals surface area (Å²) in [5.41, 5.74) is 0.723. The first kappa shape index (κ1) is 16.2. The van der Waals surface area contributed by atoms with Crippen LogP contribution in [0.2, 0.25) is 0 Å². The summed E-state index contributed by atoms with van der Waals surface area (Å²) in [4.78, 5) is 11.5. The lowest BCUT2D eigenvalue weighted by Gasteiger charge is -2.09. The van der Waals surface area contributed by atoms with Gasteiger partial charge in [0.05, 0.1) is 12.8 Å². The van der Waals surface area contributed by atoms with E-state index in [1.54, 1.807) is 13.2 Å². The summed E-state index contributed by atoms with van der Waals surface area (Å²) in [6.45, 7) is 0.660. The normalized spacial score (nSPS) is 9.35. The van der Waals surface area contributed by atoms with E-state index in [-0.39, 0.29) is 18.3 Å². The number of rotatable bonds is 5. The Bertz CT molecular complexity index is 374. The first-order chi connectivity index (χ1) is 7.67. The fourth-order valence-electron chi connectivity index (χ4n) is 1.18. The van der Waals surface area contributed by atoms with Crippen molar-refractivity contribution in [2.45, 2.75) is 6.42 Å². The first-order valence-corrected chi connectivity index (χ1v) is 5.74. The Morgan fingerprint density at radius 3 is 2.76 bits per heavy atom. The number of benzene rings is 1. The third kappa shape index (κ3) is 5.39. The molecule has 2 N–H and O–H groups in total. The number of anilines is 1. The number of carbonyl (C=O) groups excluding carboxylic acids is 1. The lowest BCUT2D eigenvalue weighted by Crippen LogP contribution is -2.18. The van der Waals surface area contributed by atoms with Crippen LogP contribution in [0.4, 0.5) is 5.69 Å². The average Bonchev–Trinajstić information content (AvgIpc) is 2.29. The van der Waals surface area contributed by atoms with Gasteiger partial charge >= 0.3 is 0 Å². The van der Waals surface area contributed by atoms with Gasteiger partial charge in [0, 0.05) is 23.5 Å². The second kappa shape index (κ2) is 8.33. The van der Waals surface area contributed by atoms with Crippen molar-refractivity contribution < 1.29 is 9.53 Å². The molecule has 4 nitrogen and oxygen atoms in total. The zero-order valence-corrected chi connectivity index (χ0v) is 12.2. The zero-order chi connectivity index (χ0) is 12.0. The van der Waals surface area contributed by atoms with E-state index in [4.69, 9.17) is 4.74 Å². The van der Waals surface area contributed by atoms with E-state index in [1.165, 1.54) is 0 Å². The molecule has 0 aliphatic rings. The van der Waals surface area contributed by atoms with Gasteiger partial charge in [-0.25, -0.2) is 0 Å². The van der Waals surface area contributed by atoms with Gasteiger partial charge in [-0.2, -0.15) is 0 Å². The minimum Gasteiger partial charge on any atom is -0.497 e. The monoisotopic (exact) mass is 322 g/mol. The molecule has 0 aliphatic carbocycles. The van der Waals surface area contributed by atoms with Crippen LogP contribution in [0.1, 0.15) is 6.42 Å². The van der Waals surface area contributed by atoms with Crippen molar-refractivity contribution in [3.05, 3.63) is 22.7 Å². The Morgan fingerprint density at radius 2 is 2.18 bits per heavy atom. The SMILES string of the molecule is CNCCC(=O)Nc1cc(OC)ccc1Br.Cl. The number of hydrogen-bond acceptors (Lipinski definition) is 3. The fourth-order valence-corrected chi connectivity index (χ4v) is 1.52. The largest absolute Gasteiger partial charge is 0.497 e. The first-order valence-electron chi connectivity index (χ1n) is 4.95. The van der Waals surface area contributed by atoms with Crippen LogP contribution in [0.15, 0.2) is 22.7 Å². The van der Waals surface area contributed by atoms with Gasteiger partial charge in [0.15, 0.2) is 0 Å². The van der Waals surface area contributed by atoms with E-state index >= 15 is 0 Å². The predicted octanol–water partition coefficient (Wildman–Crippen LogP) is 2.43. The molecule has 0 radical (unpaired) electrons. The van der Waals surface area contributed by atoms with Gasteiger partial charge < -0.3 is 15.4 Å². The number of halogens is 2. The van der Waals surface area contributed by atoms with Crippen molar-refractivity contribution in [3.63, 3.8) is 0 Å². The summed E-state index contributed by atoms with van der Waals surface area (Å²) in [5.74, 6) is 0.690. The van der Waals surface area contributed by atoms with Gasteiger partial charge in [0.25, 0.3) is 0 Å². The molecular formula is C11H16BrClN2O2. The summed E-state index contributed by atoms with van der Waals surface area (Å²) in [5, 5.41) is 5.74. The van der Waals surface area contributed by atoms with Crippen LogP contribution in [-0.4, -0.2) is 26.6 Å². The molecule has 1 amide bonds. The van der Waals surface area contributed by atoms with Crippen LogP contribution in [-0.2, 0) is 4.79 Å². The predicted molar refractivity (Wildman–Crippen MR) is 75.1 cm³/mol. The van der Waals surface area contributed by atoms with Gasteiger partial charge in [0.2, 0.25) is 5.91 Å². The smallest absolute Gasteiger partial charge is 0.225 e. The summed E-state index contributed by atoms with van der Waals surface area (Å²) in [6, 6.07) is 5.45. The number of hydrogen-bond donors (Lipinski definition) is 2. The van der Waals surface area contributed by atoms with Crippen molar-refractivity contribution in [1.29, 1.82) is 0 Å². The van der Waals surface area contributed by atoms with E-state index in [0.717, 1.165) is 10.2 Å². The number of carbonyl (C=O) groups is 1. The molecule has 17 heavy (non-hydrogen) atoms. The number of amides is 1. The third-order valence-electron chi connectivity index (χ3n) is 2.05. The van der Waals surface area contributed by atoms with E-state index in [1.807, 2.05) is 19.2 Å². The Hall–Kier alpha value is -0.780. The number of methoxy groups -OCH3 is 1. The topological polar surface area (TPSA) is 50.4 Å². The maximum absolute atomic E-state index is 11.5. The van der Waals surface area contributed by atoms with Crippen molar-refractivity contribution in [1.82, 2.24) is 5.32 Å². The molecule has 0 atom stereocenters. The van der Waals surface area contributed by atoms with Gasteiger partial charge in [-0.15, -0.1) is 12.4 Å². The third-order valence-corrected chi connectivity index (χ3v) is 2.74. The Labute approximate surface area is 116 Å². The molecule has 0 saturated heterocycles. The van der Waals surface area contributed by atoms with Gasteiger partial charge in [-0.1, -0.05) is 0 Å². The summed E-state index contributed by atoms with van der Waals surface area (Å²) < 4.78 is 5.93.